The van der Waals surface area contributed by atoms with E-state index in [4.69, 9.17) is 0 Å². The van der Waals surface area contributed by atoms with E-state index in [-0.39, 0.29) is 17.7 Å². The molecule has 0 saturated carbocycles. The van der Waals surface area contributed by atoms with Gasteiger partial charge in [0.05, 0.1) is 0 Å². The summed E-state index contributed by atoms with van der Waals surface area (Å²) in [6.45, 7) is 1.56. The molecule has 3 aromatic rings. The van der Waals surface area contributed by atoms with Crippen molar-refractivity contribution in [3.8, 4) is 5.75 Å². The van der Waals surface area contributed by atoms with Crippen LogP contribution in [-0.2, 0) is 0 Å². The number of fused-ring (bicyclic) bond motifs is 1. The Hall–Kier alpha value is -3.09. The number of benzene rings is 1. The number of hydrogen-bond donors (Lipinski definition) is 2. The molecule has 7 nitrogen and oxygen atoms in total. The third-order valence-electron chi connectivity index (χ3n) is 4.22. The minimum atomic E-state index is -0.125. The van der Waals surface area contributed by atoms with Crippen LogP contribution in [0.2, 0.25) is 0 Å². The molecule has 1 saturated heterocycles. The average molecular weight is 323 g/mol. The summed E-state index contributed by atoms with van der Waals surface area (Å²) in [5.74, 6) is 0.904. The maximum Gasteiger partial charge on any atom is 0.251 e. The topological polar surface area (TPSA) is 82.8 Å². The number of anilines is 1. The zero-order valence-corrected chi connectivity index (χ0v) is 13.0. The molecule has 0 radical (unpaired) electrons. The highest BCUT2D eigenvalue weighted by Gasteiger charge is 2.25. The molecule has 1 atom stereocenters. The average Bonchev–Trinajstić information content (AvgIpc) is 3.23. The van der Waals surface area contributed by atoms with Gasteiger partial charge < -0.3 is 15.3 Å². The smallest absolute Gasteiger partial charge is 0.251 e. The van der Waals surface area contributed by atoms with E-state index in [1.165, 1.54) is 12.1 Å². The summed E-state index contributed by atoms with van der Waals surface area (Å²) in [6, 6.07) is 10.2. The van der Waals surface area contributed by atoms with Crippen molar-refractivity contribution in [2.75, 3.05) is 18.0 Å². The number of amides is 1. The van der Waals surface area contributed by atoms with Crippen molar-refractivity contribution in [1.82, 2.24) is 19.9 Å². The molecule has 1 amide bonds. The zero-order chi connectivity index (χ0) is 16.5. The Labute approximate surface area is 138 Å². The lowest BCUT2D eigenvalue weighted by atomic mass is 10.2. The summed E-state index contributed by atoms with van der Waals surface area (Å²) in [5, 5.41) is 16.9. The number of phenols is 1. The Bertz CT molecular complexity index is 874. The van der Waals surface area contributed by atoms with E-state index < -0.39 is 0 Å². The molecular weight excluding hydrogens is 306 g/mol. The Morgan fingerprint density at radius 1 is 1.21 bits per heavy atom. The molecule has 0 unspecified atom stereocenters. The van der Waals surface area contributed by atoms with Crippen LogP contribution in [0.25, 0.3) is 5.65 Å². The molecule has 0 aliphatic carbocycles. The lowest BCUT2D eigenvalue weighted by molar-refractivity contribution is 0.0940. The maximum atomic E-state index is 12.3. The third-order valence-corrected chi connectivity index (χ3v) is 4.22. The van der Waals surface area contributed by atoms with Crippen LogP contribution >= 0.6 is 0 Å². The maximum absolute atomic E-state index is 12.3. The first-order valence-corrected chi connectivity index (χ1v) is 7.84. The Balaban J connectivity index is 1.42. The molecule has 4 rings (SSSR count). The number of carbonyl (C=O) groups is 1. The fraction of sp³-hybridized carbons (Fsp3) is 0.235. The third kappa shape index (κ3) is 2.76. The molecule has 1 fully saturated rings. The van der Waals surface area contributed by atoms with Gasteiger partial charge in [0.2, 0.25) is 0 Å². The molecule has 0 spiro atoms. The van der Waals surface area contributed by atoms with Crippen LogP contribution in [0.4, 0.5) is 5.82 Å². The van der Waals surface area contributed by atoms with Crippen molar-refractivity contribution in [3.63, 3.8) is 0 Å². The Morgan fingerprint density at radius 2 is 2.04 bits per heavy atom. The van der Waals surface area contributed by atoms with Crippen molar-refractivity contribution < 1.29 is 9.90 Å². The van der Waals surface area contributed by atoms with E-state index in [2.05, 4.69) is 20.3 Å². The van der Waals surface area contributed by atoms with Gasteiger partial charge in [-0.25, -0.2) is 9.50 Å². The van der Waals surface area contributed by atoms with Gasteiger partial charge >= 0.3 is 0 Å². The molecule has 0 bridgehead atoms. The van der Waals surface area contributed by atoms with Gasteiger partial charge in [0.15, 0.2) is 5.65 Å². The van der Waals surface area contributed by atoms with E-state index in [1.807, 2.05) is 18.3 Å². The van der Waals surface area contributed by atoms with Crippen LogP contribution in [0.5, 0.6) is 5.75 Å². The number of phenolic OH excluding ortho intramolecular Hbond substituents is 1. The number of aromatic nitrogens is 3. The number of aromatic hydroxyl groups is 1. The molecule has 3 heterocycles. The minimum Gasteiger partial charge on any atom is -0.508 e. The highest BCUT2D eigenvalue weighted by Crippen LogP contribution is 2.19. The second-order valence-electron chi connectivity index (χ2n) is 5.87. The monoisotopic (exact) mass is 323 g/mol. The van der Waals surface area contributed by atoms with Gasteiger partial charge in [0, 0.05) is 37.1 Å². The Morgan fingerprint density at radius 3 is 2.88 bits per heavy atom. The quantitative estimate of drug-likeness (QED) is 0.762. The van der Waals surface area contributed by atoms with Crippen molar-refractivity contribution in [2.24, 2.45) is 0 Å². The highest BCUT2D eigenvalue weighted by molar-refractivity contribution is 5.94. The molecule has 122 valence electrons. The molecule has 1 aliphatic heterocycles. The summed E-state index contributed by atoms with van der Waals surface area (Å²) in [5.41, 5.74) is 1.36. The highest BCUT2D eigenvalue weighted by atomic mass is 16.3. The zero-order valence-electron chi connectivity index (χ0n) is 13.0. The van der Waals surface area contributed by atoms with Crippen molar-refractivity contribution >= 4 is 17.4 Å². The summed E-state index contributed by atoms with van der Waals surface area (Å²) < 4.78 is 1.75. The lowest BCUT2D eigenvalue weighted by Crippen LogP contribution is -2.37. The minimum absolute atomic E-state index is 0.0755. The van der Waals surface area contributed by atoms with Crippen molar-refractivity contribution in [3.05, 3.63) is 54.4 Å². The van der Waals surface area contributed by atoms with E-state index in [1.54, 1.807) is 22.8 Å². The van der Waals surface area contributed by atoms with E-state index in [9.17, 15) is 9.90 Å². The fourth-order valence-electron chi connectivity index (χ4n) is 2.94. The van der Waals surface area contributed by atoms with Crippen molar-refractivity contribution in [2.45, 2.75) is 12.5 Å². The first-order valence-electron chi connectivity index (χ1n) is 7.84. The van der Waals surface area contributed by atoms with Crippen LogP contribution < -0.4 is 10.2 Å². The SMILES string of the molecule is O=C(N[C@H]1CCN(c2ccc3nccn3n2)C1)c1ccc(O)cc1. The summed E-state index contributed by atoms with van der Waals surface area (Å²) in [6.07, 6.45) is 4.41. The van der Waals surface area contributed by atoms with Gasteiger partial charge in [-0.2, -0.15) is 0 Å². The number of hydrogen-bond acceptors (Lipinski definition) is 5. The van der Waals surface area contributed by atoms with E-state index in [0.29, 0.717) is 5.56 Å². The van der Waals surface area contributed by atoms with Crippen LogP contribution in [0.15, 0.2) is 48.8 Å². The summed E-state index contributed by atoms with van der Waals surface area (Å²) in [4.78, 5) is 18.6. The first kappa shape index (κ1) is 14.5. The number of nitrogens with zero attached hydrogens (tertiary/aromatic N) is 4. The lowest BCUT2D eigenvalue weighted by Gasteiger charge is -2.18. The van der Waals surface area contributed by atoms with Crippen LogP contribution in [0.3, 0.4) is 0 Å². The van der Waals surface area contributed by atoms with Gasteiger partial charge in [0.1, 0.15) is 11.6 Å². The number of nitrogens with one attached hydrogen (secondary N) is 1. The van der Waals surface area contributed by atoms with Gasteiger partial charge in [0.25, 0.3) is 5.91 Å². The molecule has 7 heteroatoms. The number of rotatable bonds is 3. The standard InChI is InChI=1S/C17H17N5O2/c23-14-3-1-12(2-4-14)17(24)19-13-7-9-21(11-13)16-6-5-15-18-8-10-22(15)20-16/h1-6,8,10,13,23H,7,9,11H2,(H,19,24)/t13-/m0/s1. The van der Waals surface area contributed by atoms with Gasteiger partial charge in [-0.1, -0.05) is 0 Å². The molecule has 2 N–H and O–H groups in total. The number of carbonyl (C=O) groups excluding carboxylic acids is 1. The van der Waals surface area contributed by atoms with Crippen molar-refractivity contribution in [1.29, 1.82) is 0 Å². The first-order chi connectivity index (χ1) is 11.7. The Kier molecular flexibility index (Phi) is 3.53. The largest absolute Gasteiger partial charge is 0.508 e. The second kappa shape index (κ2) is 5.84. The van der Waals surface area contributed by atoms with Crippen LogP contribution in [0.1, 0.15) is 16.8 Å². The summed E-state index contributed by atoms with van der Waals surface area (Å²) >= 11 is 0. The molecule has 1 aromatic carbocycles. The second-order valence-corrected chi connectivity index (χ2v) is 5.87. The number of imidazole rings is 1. The summed E-state index contributed by atoms with van der Waals surface area (Å²) in [7, 11) is 0. The predicted octanol–water partition coefficient (Wildman–Crippen LogP) is 1.44. The molecule has 1 aliphatic rings. The van der Waals surface area contributed by atoms with Gasteiger partial charge in [-0.15, -0.1) is 5.10 Å². The van der Waals surface area contributed by atoms with E-state index in [0.717, 1.165) is 31.0 Å². The van der Waals surface area contributed by atoms with Crippen LogP contribution in [-0.4, -0.2) is 44.7 Å². The molecule has 24 heavy (non-hydrogen) atoms. The van der Waals surface area contributed by atoms with Gasteiger partial charge in [-0.3, -0.25) is 4.79 Å². The molecule has 2 aromatic heterocycles. The predicted molar refractivity (Wildman–Crippen MR) is 89.2 cm³/mol. The van der Waals surface area contributed by atoms with E-state index >= 15 is 0 Å². The van der Waals surface area contributed by atoms with Gasteiger partial charge in [-0.05, 0) is 42.8 Å². The normalized spacial score (nSPS) is 17.3. The molecular formula is C17H17N5O2. The van der Waals surface area contributed by atoms with Crippen LogP contribution in [0, 0.1) is 0 Å². The fourth-order valence-corrected chi connectivity index (χ4v) is 2.94.